The number of rotatable bonds is 6. The van der Waals surface area contributed by atoms with Crippen LogP contribution >= 0.6 is 0 Å². The average molecular weight is 225 g/mol. The second kappa shape index (κ2) is 5.48. The fourth-order valence-corrected chi connectivity index (χ4v) is 2.79. The molecular weight excluding hydrogens is 198 g/mol. The van der Waals surface area contributed by atoms with Gasteiger partial charge in [-0.2, -0.15) is 0 Å². The van der Waals surface area contributed by atoms with Crippen LogP contribution in [0, 0.1) is 0 Å². The molecule has 2 fully saturated rings. The van der Waals surface area contributed by atoms with Gasteiger partial charge in [0.05, 0.1) is 0 Å². The third-order valence-electron chi connectivity index (χ3n) is 4.19. The zero-order chi connectivity index (χ0) is 11.5. The van der Waals surface area contributed by atoms with Gasteiger partial charge in [-0.05, 0) is 39.8 Å². The Bertz CT molecular complexity index is 205. The van der Waals surface area contributed by atoms with Gasteiger partial charge in [0.2, 0.25) is 0 Å². The van der Waals surface area contributed by atoms with E-state index in [1.54, 1.807) is 0 Å². The number of likely N-dealkylation sites (N-methyl/N-ethyl adjacent to an activating group) is 2. The molecule has 0 aromatic carbocycles. The highest BCUT2D eigenvalue weighted by Crippen LogP contribution is 2.25. The Hall–Kier alpha value is -0.120. The molecule has 2 atom stereocenters. The van der Waals surface area contributed by atoms with Gasteiger partial charge in [0.15, 0.2) is 0 Å². The van der Waals surface area contributed by atoms with Crippen LogP contribution in [0.15, 0.2) is 0 Å². The first kappa shape index (κ1) is 12.3. The Labute approximate surface area is 100 Å². The lowest BCUT2D eigenvalue weighted by Gasteiger charge is -2.21. The normalized spacial score (nSPS) is 31.5. The molecule has 1 heterocycles. The van der Waals surface area contributed by atoms with Crippen molar-refractivity contribution in [1.29, 1.82) is 0 Å². The van der Waals surface area contributed by atoms with Crippen LogP contribution in [-0.2, 0) is 0 Å². The Balaban J connectivity index is 1.60. The third-order valence-corrected chi connectivity index (χ3v) is 4.19. The highest BCUT2D eigenvalue weighted by atomic mass is 15.2. The lowest BCUT2D eigenvalue weighted by molar-refractivity contribution is 0.271. The maximum absolute atomic E-state index is 3.71. The van der Waals surface area contributed by atoms with Crippen LogP contribution in [0.3, 0.4) is 0 Å². The molecule has 16 heavy (non-hydrogen) atoms. The lowest BCUT2D eigenvalue weighted by Crippen LogP contribution is -2.39. The predicted molar refractivity (Wildman–Crippen MR) is 68.8 cm³/mol. The number of hydrogen-bond donors (Lipinski definition) is 1. The molecule has 0 aromatic rings. The van der Waals surface area contributed by atoms with Crippen molar-refractivity contribution in [2.24, 2.45) is 0 Å². The number of nitrogens with zero attached hydrogens (tertiary/aromatic N) is 2. The molecule has 1 N–H and O–H groups in total. The molecule has 0 spiro atoms. The molecule has 2 rings (SSSR count). The molecule has 1 saturated carbocycles. The van der Waals surface area contributed by atoms with E-state index in [4.69, 9.17) is 0 Å². The first-order valence-electron chi connectivity index (χ1n) is 6.88. The molecule has 1 aliphatic heterocycles. The van der Waals surface area contributed by atoms with Crippen molar-refractivity contribution in [3.63, 3.8) is 0 Å². The fraction of sp³-hybridized carbons (Fsp3) is 1.00. The van der Waals surface area contributed by atoms with Crippen LogP contribution in [0.1, 0.15) is 33.1 Å². The van der Waals surface area contributed by atoms with Crippen LogP contribution in [0.5, 0.6) is 0 Å². The summed E-state index contributed by atoms with van der Waals surface area (Å²) in [6.07, 6.45) is 4.17. The maximum Gasteiger partial charge on any atom is 0.0210 e. The molecule has 1 aliphatic carbocycles. The molecule has 0 radical (unpaired) electrons. The zero-order valence-corrected chi connectivity index (χ0v) is 11.1. The highest BCUT2D eigenvalue weighted by Gasteiger charge is 2.28. The van der Waals surface area contributed by atoms with Gasteiger partial charge in [-0.25, -0.2) is 0 Å². The Morgan fingerprint density at radius 2 is 2.12 bits per heavy atom. The molecule has 0 bridgehead atoms. The van der Waals surface area contributed by atoms with Gasteiger partial charge in [0.1, 0.15) is 0 Å². The summed E-state index contributed by atoms with van der Waals surface area (Å²) in [6, 6.07) is 2.39. The highest BCUT2D eigenvalue weighted by molar-refractivity contribution is 4.87. The predicted octanol–water partition coefficient (Wildman–Crippen LogP) is 1.15. The van der Waals surface area contributed by atoms with Crippen molar-refractivity contribution in [2.75, 3.05) is 33.2 Å². The van der Waals surface area contributed by atoms with Crippen LogP contribution in [-0.4, -0.2) is 61.2 Å². The Morgan fingerprint density at radius 3 is 2.62 bits per heavy atom. The van der Waals surface area contributed by atoms with Crippen LogP contribution in [0.25, 0.3) is 0 Å². The molecule has 2 aliphatic rings. The maximum atomic E-state index is 3.71. The Morgan fingerprint density at radius 1 is 1.38 bits per heavy atom. The van der Waals surface area contributed by atoms with Gasteiger partial charge >= 0.3 is 0 Å². The summed E-state index contributed by atoms with van der Waals surface area (Å²) < 4.78 is 0. The van der Waals surface area contributed by atoms with Crippen molar-refractivity contribution >= 4 is 0 Å². The van der Waals surface area contributed by atoms with Crippen LogP contribution in [0.2, 0.25) is 0 Å². The summed E-state index contributed by atoms with van der Waals surface area (Å²) in [6.45, 7) is 9.43. The largest absolute Gasteiger partial charge is 0.311 e. The first-order chi connectivity index (χ1) is 7.70. The number of nitrogens with one attached hydrogen (secondary N) is 1. The molecular formula is C13H27N3. The molecule has 94 valence electrons. The van der Waals surface area contributed by atoms with E-state index in [1.165, 1.54) is 38.9 Å². The van der Waals surface area contributed by atoms with Gasteiger partial charge < -0.3 is 10.2 Å². The Kier molecular flexibility index (Phi) is 4.22. The van der Waals surface area contributed by atoms with E-state index in [0.717, 1.165) is 24.7 Å². The molecule has 0 amide bonds. The summed E-state index contributed by atoms with van der Waals surface area (Å²) in [5.74, 6) is 0. The molecule has 3 heteroatoms. The van der Waals surface area contributed by atoms with E-state index in [9.17, 15) is 0 Å². The monoisotopic (exact) mass is 225 g/mol. The summed E-state index contributed by atoms with van der Waals surface area (Å²) in [5.41, 5.74) is 0. The minimum atomic E-state index is 0.720. The van der Waals surface area contributed by atoms with E-state index < -0.39 is 0 Å². The third kappa shape index (κ3) is 3.19. The molecule has 3 nitrogen and oxygen atoms in total. The van der Waals surface area contributed by atoms with Gasteiger partial charge in [0.25, 0.3) is 0 Å². The van der Waals surface area contributed by atoms with E-state index in [1.807, 2.05) is 0 Å². The smallest absolute Gasteiger partial charge is 0.0210 e. The van der Waals surface area contributed by atoms with Gasteiger partial charge in [-0.3, -0.25) is 4.90 Å². The summed E-state index contributed by atoms with van der Waals surface area (Å²) in [4.78, 5) is 5.07. The quantitative estimate of drug-likeness (QED) is 0.732. The SMILES string of the molecule is CCN(CCNC1CC(C)N(C)C1)C1CC1. The van der Waals surface area contributed by atoms with E-state index >= 15 is 0 Å². The fourth-order valence-electron chi connectivity index (χ4n) is 2.79. The summed E-state index contributed by atoms with van der Waals surface area (Å²) >= 11 is 0. The first-order valence-corrected chi connectivity index (χ1v) is 6.88. The molecule has 1 saturated heterocycles. The second-order valence-electron chi connectivity index (χ2n) is 5.54. The topological polar surface area (TPSA) is 18.5 Å². The standard InChI is InChI=1S/C13H27N3/c1-4-16(13-5-6-13)8-7-14-12-9-11(2)15(3)10-12/h11-14H,4-10H2,1-3H3. The summed E-state index contributed by atoms with van der Waals surface area (Å²) in [7, 11) is 2.23. The van der Waals surface area contributed by atoms with E-state index in [-0.39, 0.29) is 0 Å². The minimum absolute atomic E-state index is 0.720. The van der Waals surface area contributed by atoms with Crippen molar-refractivity contribution in [3.8, 4) is 0 Å². The average Bonchev–Trinajstić information content (AvgIpc) is 3.03. The van der Waals surface area contributed by atoms with E-state index in [2.05, 4.69) is 36.0 Å². The molecule has 0 aromatic heterocycles. The van der Waals surface area contributed by atoms with Crippen molar-refractivity contribution in [2.45, 2.75) is 51.2 Å². The molecule has 2 unspecified atom stereocenters. The van der Waals surface area contributed by atoms with Crippen LogP contribution in [0.4, 0.5) is 0 Å². The zero-order valence-electron chi connectivity index (χ0n) is 11.1. The van der Waals surface area contributed by atoms with Gasteiger partial charge in [-0.15, -0.1) is 0 Å². The summed E-state index contributed by atoms with van der Waals surface area (Å²) in [5, 5.41) is 3.71. The number of likely N-dealkylation sites (tertiary alicyclic amines) is 1. The van der Waals surface area contributed by atoms with Crippen molar-refractivity contribution in [3.05, 3.63) is 0 Å². The second-order valence-corrected chi connectivity index (χ2v) is 5.54. The van der Waals surface area contributed by atoms with Crippen LogP contribution < -0.4 is 5.32 Å². The van der Waals surface area contributed by atoms with Crippen molar-refractivity contribution in [1.82, 2.24) is 15.1 Å². The van der Waals surface area contributed by atoms with Crippen molar-refractivity contribution < 1.29 is 0 Å². The lowest BCUT2D eigenvalue weighted by atomic mass is 10.2. The van der Waals surface area contributed by atoms with E-state index in [0.29, 0.717) is 0 Å². The number of hydrogen-bond acceptors (Lipinski definition) is 3. The van der Waals surface area contributed by atoms with Gasteiger partial charge in [-0.1, -0.05) is 6.92 Å². The minimum Gasteiger partial charge on any atom is -0.311 e. The van der Waals surface area contributed by atoms with Gasteiger partial charge in [0, 0.05) is 37.8 Å².